The van der Waals surface area contributed by atoms with E-state index < -0.39 is 17.9 Å². The van der Waals surface area contributed by atoms with Crippen molar-refractivity contribution in [2.75, 3.05) is 20.1 Å². The Balaban J connectivity index is 2.54. The Morgan fingerprint density at radius 3 is 2.70 bits per heavy atom. The zero-order valence-corrected chi connectivity index (χ0v) is 11.1. The van der Waals surface area contributed by atoms with Crippen LogP contribution in [0.3, 0.4) is 0 Å². The van der Waals surface area contributed by atoms with Gasteiger partial charge in [-0.25, -0.2) is 4.98 Å². The van der Waals surface area contributed by atoms with Gasteiger partial charge in [0.15, 0.2) is 0 Å². The molecular weight excluding hydrogens is 264 g/mol. The minimum absolute atomic E-state index is 0.194. The summed E-state index contributed by atoms with van der Waals surface area (Å²) in [5.74, 6) is -1.25. The van der Waals surface area contributed by atoms with Crippen LogP contribution in [0, 0.1) is 0 Å². The normalized spacial score (nSPS) is 11.5. The molecule has 1 heterocycles. The number of hydrogen-bond donors (Lipinski definition) is 5. The number of imidazole rings is 1. The van der Waals surface area contributed by atoms with Gasteiger partial charge in [0.25, 0.3) is 0 Å². The Kier molecular flexibility index (Phi) is 6.17. The van der Waals surface area contributed by atoms with Gasteiger partial charge in [0, 0.05) is 25.4 Å². The van der Waals surface area contributed by atoms with Crippen LogP contribution in [-0.4, -0.2) is 53.9 Å². The summed E-state index contributed by atoms with van der Waals surface area (Å²) in [6.45, 7) is -0.424. The van der Waals surface area contributed by atoms with E-state index in [1.54, 1.807) is 6.20 Å². The minimum atomic E-state index is -0.747. The molecule has 3 amide bonds. The highest BCUT2D eigenvalue weighted by Crippen LogP contribution is 1.98. The number of rotatable bonds is 7. The van der Waals surface area contributed by atoms with Crippen LogP contribution in [0.25, 0.3) is 0 Å². The Labute approximate surface area is 115 Å². The zero-order chi connectivity index (χ0) is 15.0. The number of H-pyrrole nitrogens is 1. The average molecular weight is 282 g/mol. The predicted molar refractivity (Wildman–Crippen MR) is 70.4 cm³/mol. The van der Waals surface area contributed by atoms with Gasteiger partial charge in [-0.3, -0.25) is 14.4 Å². The summed E-state index contributed by atoms with van der Waals surface area (Å²) in [5, 5.41) is 7.32. The zero-order valence-electron chi connectivity index (χ0n) is 11.1. The smallest absolute Gasteiger partial charge is 0.242 e. The van der Waals surface area contributed by atoms with Crippen LogP contribution < -0.4 is 21.7 Å². The summed E-state index contributed by atoms with van der Waals surface area (Å²) >= 11 is 0. The molecule has 1 aromatic heterocycles. The number of aromatic amines is 1. The molecule has 0 aliphatic rings. The first kappa shape index (κ1) is 15.6. The van der Waals surface area contributed by atoms with Crippen LogP contribution in [-0.2, 0) is 20.8 Å². The van der Waals surface area contributed by atoms with Gasteiger partial charge in [-0.15, -0.1) is 0 Å². The molecule has 0 aliphatic carbocycles. The van der Waals surface area contributed by atoms with Crippen LogP contribution in [0.15, 0.2) is 12.5 Å². The van der Waals surface area contributed by atoms with Crippen LogP contribution in [0.2, 0.25) is 0 Å². The number of carbonyl (C=O) groups is 3. The number of likely N-dealkylation sites (N-methyl/N-ethyl adjacent to an activating group) is 1. The second-order valence-corrected chi connectivity index (χ2v) is 4.00. The number of nitrogens with two attached hydrogens (primary N) is 1. The lowest BCUT2D eigenvalue weighted by Crippen LogP contribution is -2.50. The van der Waals surface area contributed by atoms with Crippen LogP contribution in [0.5, 0.6) is 0 Å². The third-order valence-electron chi connectivity index (χ3n) is 2.51. The van der Waals surface area contributed by atoms with Crippen molar-refractivity contribution in [2.45, 2.75) is 12.5 Å². The average Bonchev–Trinajstić information content (AvgIpc) is 2.96. The molecule has 0 aromatic carbocycles. The number of nitrogens with zero attached hydrogens (tertiary/aromatic N) is 1. The SMILES string of the molecule is CNC(=O)[C@H](Cc1cnc[nH]1)NC(=O)CNC(=O)CN. The molecule has 1 atom stereocenters. The summed E-state index contributed by atoms with van der Waals surface area (Å²) in [4.78, 5) is 41.0. The van der Waals surface area contributed by atoms with Gasteiger partial charge in [-0.2, -0.15) is 0 Å². The van der Waals surface area contributed by atoms with E-state index in [1.807, 2.05) is 0 Å². The molecule has 0 saturated heterocycles. The van der Waals surface area contributed by atoms with E-state index in [-0.39, 0.29) is 25.4 Å². The Morgan fingerprint density at radius 2 is 2.15 bits per heavy atom. The maximum atomic E-state index is 11.7. The fraction of sp³-hybridized carbons (Fsp3) is 0.455. The van der Waals surface area contributed by atoms with Gasteiger partial charge in [-0.1, -0.05) is 0 Å². The highest BCUT2D eigenvalue weighted by atomic mass is 16.2. The van der Waals surface area contributed by atoms with E-state index in [4.69, 9.17) is 5.73 Å². The maximum absolute atomic E-state index is 11.7. The molecular formula is C11H18N6O3. The lowest BCUT2D eigenvalue weighted by molar-refractivity contribution is -0.129. The van der Waals surface area contributed by atoms with Crippen LogP contribution in [0.1, 0.15) is 5.69 Å². The Bertz CT molecular complexity index is 459. The number of amides is 3. The highest BCUT2D eigenvalue weighted by molar-refractivity contribution is 5.90. The van der Waals surface area contributed by atoms with Crippen molar-refractivity contribution in [3.8, 4) is 0 Å². The minimum Gasteiger partial charge on any atom is -0.357 e. The van der Waals surface area contributed by atoms with Gasteiger partial charge in [0.2, 0.25) is 17.7 Å². The number of carbonyl (C=O) groups excluding carboxylic acids is 3. The molecule has 9 heteroatoms. The lowest BCUT2D eigenvalue weighted by atomic mass is 10.1. The molecule has 0 unspecified atom stereocenters. The molecule has 1 rings (SSSR count). The van der Waals surface area contributed by atoms with E-state index in [9.17, 15) is 14.4 Å². The maximum Gasteiger partial charge on any atom is 0.242 e. The first-order chi connectivity index (χ1) is 9.56. The van der Waals surface area contributed by atoms with Crippen LogP contribution >= 0.6 is 0 Å². The fourth-order valence-electron chi connectivity index (χ4n) is 1.50. The van der Waals surface area contributed by atoms with Gasteiger partial charge in [-0.05, 0) is 0 Å². The monoisotopic (exact) mass is 282 g/mol. The summed E-state index contributed by atoms with van der Waals surface area (Å²) < 4.78 is 0. The van der Waals surface area contributed by atoms with E-state index in [2.05, 4.69) is 25.9 Å². The molecule has 0 radical (unpaired) electrons. The highest BCUT2D eigenvalue weighted by Gasteiger charge is 2.20. The quantitative estimate of drug-likeness (QED) is 0.369. The number of aromatic nitrogens is 2. The predicted octanol–water partition coefficient (Wildman–Crippen LogP) is -2.74. The molecule has 0 bridgehead atoms. The molecule has 0 aliphatic heterocycles. The topological polar surface area (TPSA) is 142 Å². The third kappa shape index (κ3) is 5.06. The molecule has 6 N–H and O–H groups in total. The van der Waals surface area contributed by atoms with Crippen molar-refractivity contribution in [1.82, 2.24) is 25.9 Å². The number of nitrogens with one attached hydrogen (secondary N) is 4. The van der Waals surface area contributed by atoms with Gasteiger partial charge in [0.05, 0.1) is 19.4 Å². The van der Waals surface area contributed by atoms with Crippen molar-refractivity contribution in [1.29, 1.82) is 0 Å². The van der Waals surface area contributed by atoms with E-state index in [0.29, 0.717) is 5.69 Å². The molecule has 110 valence electrons. The fourth-order valence-corrected chi connectivity index (χ4v) is 1.50. The summed E-state index contributed by atoms with van der Waals surface area (Å²) in [5.41, 5.74) is 5.81. The number of hydrogen-bond acceptors (Lipinski definition) is 5. The molecule has 0 saturated carbocycles. The van der Waals surface area contributed by atoms with Gasteiger partial charge in [0.1, 0.15) is 6.04 Å². The van der Waals surface area contributed by atoms with Crippen molar-refractivity contribution < 1.29 is 14.4 Å². The van der Waals surface area contributed by atoms with Crippen molar-refractivity contribution in [3.63, 3.8) is 0 Å². The Morgan fingerprint density at radius 1 is 1.40 bits per heavy atom. The summed E-state index contributed by atoms with van der Waals surface area (Å²) in [6, 6.07) is -0.747. The van der Waals surface area contributed by atoms with E-state index in [0.717, 1.165) is 0 Å². The first-order valence-corrected chi connectivity index (χ1v) is 6.01. The largest absolute Gasteiger partial charge is 0.357 e. The van der Waals surface area contributed by atoms with Crippen molar-refractivity contribution in [2.24, 2.45) is 5.73 Å². The van der Waals surface area contributed by atoms with Gasteiger partial charge >= 0.3 is 0 Å². The van der Waals surface area contributed by atoms with E-state index in [1.165, 1.54) is 13.4 Å². The second kappa shape index (κ2) is 7.89. The van der Waals surface area contributed by atoms with E-state index >= 15 is 0 Å². The molecule has 9 nitrogen and oxygen atoms in total. The van der Waals surface area contributed by atoms with Crippen LogP contribution in [0.4, 0.5) is 0 Å². The second-order valence-electron chi connectivity index (χ2n) is 4.00. The third-order valence-corrected chi connectivity index (χ3v) is 2.51. The molecule has 20 heavy (non-hydrogen) atoms. The lowest BCUT2D eigenvalue weighted by Gasteiger charge is -2.16. The molecule has 0 fully saturated rings. The van der Waals surface area contributed by atoms with Crippen molar-refractivity contribution >= 4 is 17.7 Å². The Hall–Kier alpha value is -2.42. The van der Waals surface area contributed by atoms with Gasteiger partial charge < -0.3 is 26.7 Å². The van der Waals surface area contributed by atoms with Crippen molar-refractivity contribution in [3.05, 3.63) is 18.2 Å². The summed E-state index contributed by atoms with van der Waals surface area (Å²) in [7, 11) is 1.48. The first-order valence-electron chi connectivity index (χ1n) is 6.01. The standard InChI is InChI=1S/C11H18N6O3/c1-13-11(20)8(2-7-4-14-6-16-7)17-10(19)5-15-9(18)3-12/h4,6,8H,2-3,5,12H2,1H3,(H,13,20)(H,14,16)(H,15,18)(H,17,19)/t8-/m0/s1. The summed E-state index contributed by atoms with van der Waals surface area (Å²) in [6.07, 6.45) is 3.33. The molecule has 0 spiro atoms. The molecule has 1 aromatic rings.